The molecule has 1 aromatic heterocycles. The quantitative estimate of drug-likeness (QED) is 0.411. The zero-order valence-corrected chi connectivity index (χ0v) is 18.5. The monoisotopic (exact) mass is 449 g/mol. The first-order valence-corrected chi connectivity index (χ1v) is 11.2. The topological polar surface area (TPSA) is 84.0 Å². The molecule has 7 heteroatoms. The summed E-state index contributed by atoms with van der Waals surface area (Å²) in [6.07, 6.45) is 3.23. The molecule has 1 saturated heterocycles. The summed E-state index contributed by atoms with van der Waals surface area (Å²) in [5.41, 5.74) is 1.72. The third-order valence-corrected chi connectivity index (χ3v) is 5.90. The van der Waals surface area contributed by atoms with Gasteiger partial charge in [0.1, 0.15) is 0 Å². The Hall–Kier alpha value is -4.28. The highest BCUT2D eigenvalue weighted by Crippen LogP contribution is 2.27. The van der Waals surface area contributed by atoms with Crippen molar-refractivity contribution in [3.8, 4) is 11.8 Å². The van der Waals surface area contributed by atoms with Gasteiger partial charge in [-0.2, -0.15) is 5.26 Å². The third-order valence-electron chi connectivity index (χ3n) is 5.90. The molecule has 3 aromatic carbocycles. The number of benzene rings is 3. The molecule has 4 aromatic rings. The molecule has 0 saturated carbocycles. The van der Waals surface area contributed by atoms with E-state index in [0.717, 1.165) is 22.0 Å². The van der Waals surface area contributed by atoms with Gasteiger partial charge in [0.25, 0.3) is 0 Å². The minimum absolute atomic E-state index is 0.308. The van der Waals surface area contributed by atoms with Crippen LogP contribution in [0.15, 0.2) is 78.9 Å². The van der Waals surface area contributed by atoms with Crippen LogP contribution in [0.4, 0.5) is 5.95 Å². The van der Waals surface area contributed by atoms with E-state index >= 15 is 0 Å². The van der Waals surface area contributed by atoms with E-state index in [2.05, 4.69) is 21.2 Å². The van der Waals surface area contributed by atoms with Crippen LogP contribution in [-0.2, 0) is 9.53 Å². The molecule has 7 nitrogen and oxygen atoms in total. The minimum atomic E-state index is -1.09. The summed E-state index contributed by atoms with van der Waals surface area (Å²) in [7, 11) is 0. The number of rotatable bonds is 6. The van der Waals surface area contributed by atoms with E-state index in [1.165, 1.54) is 6.08 Å². The standard InChI is InChI=1S/C27H23N5O2/c28-19-24(25(33)14-13-21-9-6-8-20-7-4-5-12-23(20)21)26-29-30-27(31-15-17-34-18-16-31)32(26)22-10-2-1-3-11-22/h1-14,24H,15-18H2/b14-13+. The number of nitrogens with zero attached hydrogens (tertiary/aromatic N) is 5. The Labute approximate surface area is 197 Å². The predicted octanol–water partition coefficient (Wildman–Crippen LogP) is 4.15. The van der Waals surface area contributed by atoms with Crippen LogP contribution < -0.4 is 4.90 Å². The molecule has 0 aliphatic carbocycles. The van der Waals surface area contributed by atoms with Crippen molar-refractivity contribution in [1.29, 1.82) is 5.26 Å². The molecule has 1 atom stereocenters. The number of fused-ring (bicyclic) bond motifs is 1. The molecule has 1 fully saturated rings. The van der Waals surface area contributed by atoms with Gasteiger partial charge in [-0.1, -0.05) is 66.7 Å². The molecule has 1 aliphatic rings. The lowest BCUT2D eigenvalue weighted by molar-refractivity contribution is -0.115. The summed E-state index contributed by atoms with van der Waals surface area (Å²) in [6.45, 7) is 2.50. The van der Waals surface area contributed by atoms with Crippen molar-refractivity contribution in [1.82, 2.24) is 14.8 Å². The minimum Gasteiger partial charge on any atom is -0.378 e. The predicted molar refractivity (Wildman–Crippen MR) is 131 cm³/mol. The summed E-state index contributed by atoms with van der Waals surface area (Å²) in [5, 5.41) is 20.8. The number of hydrogen-bond donors (Lipinski definition) is 0. The van der Waals surface area contributed by atoms with Gasteiger partial charge >= 0.3 is 0 Å². The average molecular weight is 450 g/mol. The van der Waals surface area contributed by atoms with Gasteiger partial charge in [0.05, 0.1) is 25.0 Å². The largest absolute Gasteiger partial charge is 0.378 e. The van der Waals surface area contributed by atoms with Gasteiger partial charge in [0.15, 0.2) is 17.5 Å². The molecule has 168 valence electrons. The van der Waals surface area contributed by atoms with Crippen molar-refractivity contribution in [2.24, 2.45) is 0 Å². The number of ether oxygens (including phenoxy) is 1. The van der Waals surface area contributed by atoms with Crippen molar-refractivity contribution in [2.45, 2.75) is 5.92 Å². The van der Waals surface area contributed by atoms with Crippen LogP contribution >= 0.6 is 0 Å². The number of morpholine rings is 1. The van der Waals surface area contributed by atoms with E-state index in [-0.39, 0.29) is 5.78 Å². The molecule has 0 N–H and O–H groups in total. The molecule has 34 heavy (non-hydrogen) atoms. The van der Waals surface area contributed by atoms with Gasteiger partial charge in [0.2, 0.25) is 5.95 Å². The van der Waals surface area contributed by atoms with Crippen LogP contribution in [0, 0.1) is 11.3 Å². The molecule has 1 unspecified atom stereocenters. The number of carbonyl (C=O) groups is 1. The van der Waals surface area contributed by atoms with Crippen molar-refractivity contribution in [3.63, 3.8) is 0 Å². The highest BCUT2D eigenvalue weighted by atomic mass is 16.5. The Bertz CT molecular complexity index is 1380. The fourth-order valence-electron chi connectivity index (χ4n) is 4.18. The highest BCUT2D eigenvalue weighted by Gasteiger charge is 2.29. The van der Waals surface area contributed by atoms with E-state index in [1.807, 2.05) is 77.4 Å². The number of hydrogen-bond acceptors (Lipinski definition) is 6. The van der Waals surface area contributed by atoms with E-state index < -0.39 is 5.92 Å². The Kier molecular flexibility index (Phi) is 6.15. The second-order valence-electron chi connectivity index (χ2n) is 7.99. The molecular weight excluding hydrogens is 426 g/mol. The Morgan fingerprint density at radius 2 is 1.71 bits per heavy atom. The molecule has 0 radical (unpaired) electrons. The second kappa shape index (κ2) is 9.69. The lowest BCUT2D eigenvalue weighted by Gasteiger charge is -2.28. The van der Waals surface area contributed by atoms with Gasteiger partial charge in [0, 0.05) is 13.1 Å². The number of allylic oxidation sites excluding steroid dienone is 1. The normalized spacial score (nSPS) is 14.9. The van der Waals surface area contributed by atoms with Gasteiger partial charge < -0.3 is 9.64 Å². The summed E-state index contributed by atoms with van der Waals surface area (Å²) in [5.74, 6) is -0.513. The molecule has 0 amide bonds. The molecule has 0 bridgehead atoms. The molecule has 2 heterocycles. The molecular formula is C27H23N5O2. The van der Waals surface area contributed by atoms with Crippen LogP contribution in [0.1, 0.15) is 17.3 Å². The summed E-state index contributed by atoms with van der Waals surface area (Å²) < 4.78 is 7.28. The second-order valence-corrected chi connectivity index (χ2v) is 7.99. The van der Waals surface area contributed by atoms with E-state index in [1.54, 1.807) is 6.08 Å². The summed E-state index contributed by atoms with van der Waals surface area (Å²) in [6, 6.07) is 25.7. The number of ketones is 1. The van der Waals surface area contributed by atoms with Gasteiger partial charge in [-0.05, 0) is 34.5 Å². The number of nitriles is 1. The Morgan fingerprint density at radius 3 is 2.50 bits per heavy atom. The zero-order valence-electron chi connectivity index (χ0n) is 18.5. The smallest absolute Gasteiger partial charge is 0.232 e. The van der Waals surface area contributed by atoms with Crippen LogP contribution in [0.25, 0.3) is 22.5 Å². The average Bonchev–Trinajstić information content (AvgIpc) is 3.33. The van der Waals surface area contributed by atoms with E-state index in [0.29, 0.717) is 38.1 Å². The van der Waals surface area contributed by atoms with E-state index in [4.69, 9.17) is 4.74 Å². The maximum absolute atomic E-state index is 13.2. The zero-order chi connectivity index (χ0) is 23.3. The fourth-order valence-corrected chi connectivity index (χ4v) is 4.18. The first-order chi connectivity index (χ1) is 16.8. The van der Waals surface area contributed by atoms with Crippen LogP contribution in [0.5, 0.6) is 0 Å². The summed E-state index contributed by atoms with van der Waals surface area (Å²) in [4.78, 5) is 15.3. The Balaban J connectivity index is 1.51. The van der Waals surface area contributed by atoms with Gasteiger partial charge in [-0.25, -0.2) is 0 Å². The maximum Gasteiger partial charge on any atom is 0.232 e. The Morgan fingerprint density at radius 1 is 0.971 bits per heavy atom. The third kappa shape index (κ3) is 4.19. The SMILES string of the molecule is N#CC(C(=O)/C=C/c1cccc2ccccc12)c1nnc(N2CCOCC2)n1-c1ccccc1. The van der Waals surface area contributed by atoms with Crippen LogP contribution in [0.2, 0.25) is 0 Å². The molecule has 5 rings (SSSR count). The van der Waals surface area contributed by atoms with Crippen LogP contribution in [-0.4, -0.2) is 46.9 Å². The van der Waals surface area contributed by atoms with Crippen LogP contribution in [0.3, 0.4) is 0 Å². The highest BCUT2D eigenvalue weighted by molar-refractivity contribution is 6.02. The first kappa shape index (κ1) is 21.6. The number of anilines is 1. The lowest BCUT2D eigenvalue weighted by atomic mass is 10.0. The molecule has 1 aliphatic heterocycles. The van der Waals surface area contributed by atoms with Gasteiger partial charge in [-0.3, -0.25) is 9.36 Å². The van der Waals surface area contributed by atoms with Crippen molar-refractivity contribution in [2.75, 3.05) is 31.2 Å². The number of aromatic nitrogens is 3. The summed E-state index contributed by atoms with van der Waals surface area (Å²) >= 11 is 0. The van der Waals surface area contributed by atoms with E-state index in [9.17, 15) is 10.1 Å². The maximum atomic E-state index is 13.2. The molecule has 0 spiro atoms. The van der Waals surface area contributed by atoms with Gasteiger partial charge in [-0.15, -0.1) is 10.2 Å². The van der Waals surface area contributed by atoms with Crippen molar-refractivity contribution < 1.29 is 9.53 Å². The first-order valence-electron chi connectivity index (χ1n) is 11.2. The lowest BCUT2D eigenvalue weighted by Crippen LogP contribution is -2.38. The number of carbonyl (C=O) groups excluding carboxylic acids is 1. The fraction of sp³-hybridized carbons (Fsp3) is 0.185. The number of para-hydroxylation sites is 1. The van der Waals surface area contributed by atoms with Crippen molar-refractivity contribution in [3.05, 3.63) is 90.3 Å². The van der Waals surface area contributed by atoms with Crippen molar-refractivity contribution >= 4 is 28.6 Å².